The van der Waals surface area contributed by atoms with Gasteiger partial charge in [0.1, 0.15) is 0 Å². The van der Waals surface area contributed by atoms with Crippen LogP contribution in [0.4, 0.5) is 0 Å². The molecule has 1 rings (SSSR count). The van der Waals surface area contributed by atoms with Crippen LogP contribution in [0.5, 0.6) is 0 Å². The minimum absolute atomic E-state index is 0.0923. The van der Waals surface area contributed by atoms with E-state index in [4.69, 9.17) is 0 Å². The Morgan fingerprint density at radius 1 is 1.11 bits per heavy atom. The van der Waals surface area contributed by atoms with E-state index in [1.807, 2.05) is 42.6 Å². The van der Waals surface area contributed by atoms with E-state index in [0.717, 1.165) is 0 Å². The van der Waals surface area contributed by atoms with Crippen LogP contribution in [0.2, 0.25) is 0 Å². The summed E-state index contributed by atoms with van der Waals surface area (Å²) in [6.07, 6.45) is 0. The fraction of sp³-hybridized carbons (Fsp3) is 0.846. The van der Waals surface area contributed by atoms with Crippen molar-refractivity contribution in [2.24, 2.45) is 0 Å². The van der Waals surface area contributed by atoms with Crippen molar-refractivity contribution in [1.82, 2.24) is 20.0 Å². The zero-order valence-corrected chi connectivity index (χ0v) is 12.7. The molecule has 0 aliphatic carbocycles. The number of nitrogens with zero attached hydrogens (tertiary/aromatic N) is 3. The van der Waals surface area contributed by atoms with Gasteiger partial charge in [-0.3, -0.25) is 9.59 Å². The molecule has 1 saturated heterocycles. The molecule has 0 radical (unpaired) electrons. The maximum absolute atomic E-state index is 12.3. The summed E-state index contributed by atoms with van der Waals surface area (Å²) in [5.41, 5.74) is -0.546. The number of rotatable bonds is 4. The van der Waals surface area contributed by atoms with Crippen molar-refractivity contribution >= 4 is 11.8 Å². The van der Waals surface area contributed by atoms with Gasteiger partial charge in [-0.15, -0.1) is 0 Å². The Morgan fingerprint density at radius 3 is 2.00 bits per heavy atom. The molecule has 0 unspecified atom stereocenters. The van der Waals surface area contributed by atoms with Crippen LogP contribution in [0.15, 0.2) is 0 Å². The van der Waals surface area contributed by atoms with Crippen LogP contribution in [0.25, 0.3) is 0 Å². The Hall–Kier alpha value is -1.14. The fourth-order valence-electron chi connectivity index (χ4n) is 2.03. The maximum atomic E-state index is 12.3. The van der Waals surface area contributed by atoms with Crippen LogP contribution in [-0.2, 0) is 9.59 Å². The van der Waals surface area contributed by atoms with E-state index in [9.17, 15) is 9.59 Å². The highest BCUT2D eigenvalue weighted by Crippen LogP contribution is 2.11. The Balaban J connectivity index is 2.49. The van der Waals surface area contributed by atoms with Crippen molar-refractivity contribution in [1.29, 1.82) is 0 Å². The summed E-state index contributed by atoms with van der Waals surface area (Å²) in [5, 5.41) is 3.02. The van der Waals surface area contributed by atoms with E-state index in [2.05, 4.69) is 5.32 Å². The number of likely N-dealkylation sites (N-methyl/N-ethyl adjacent to an activating group) is 2. The molecule has 1 aliphatic heterocycles. The second-order valence-corrected chi connectivity index (χ2v) is 5.79. The van der Waals surface area contributed by atoms with Crippen molar-refractivity contribution in [2.45, 2.75) is 19.4 Å². The number of piperazine rings is 1. The molecule has 6 heteroatoms. The highest BCUT2D eigenvalue weighted by atomic mass is 16.2. The van der Waals surface area contributed by atoms with E-state index in [0.29, 0.717) is 32.7 Å². The molecule has 0 atom stereocenters. The highest BCUT2D eigenvalue weighted by molar-refractivity contribution is 5.86. The molecular weight excluding hydrogens is 244 g/mol. The van der Waals surface area contributed by atoms with Gasteiger partial charge in [0.25, 0.3) is 0 Å². The summed E-state index contributed by atoms with van der Waals surface area (Å²) in [5.74, 6) is 0.222. The van der Waals surface area contributed by atoms with Crippen molar-refractivity contribution in [3.8, 4) is 0 Å². The van der Waals surface area contributed by atoms with Crippen molar-refractivity contribution in [3.05, 3.63) is 0 Å². The average Bonchev–Trinajstić information content (AvgIpc) is 2.37. The second-order valence-electron chi connectivity index (χ2n) is 5.79. The zero-order valence-electron chi connectivity index (χ0n) is 12.7. The Kier molecular flexibility index (Phi) is 5.31. The molecule has 0 aromatic carbocycles. The first-order chi connectivity index (χ1) is 8.77. The van der Waals surface area contributed by atoms with Crippen molar-refractivity contribution in [3.63, 3.8) is 0 Å². The smallest absolute Gasteiger partial charge is 0.242 e. The van der Waals surface area contributed by atoms with Gasteiger partial charge in [0.2, 0.25) is 11.8 Å². The van der Waals surface area contributed by atoms with Crippen LogP contribution in [0, 0.1) is 0 Å². The molecule has 1 N–H and O–H groups in total. The zero-order chi connectivity index (χ0) is 14.6. The van der Waals surface area contributed by atoms with Gasteiger partial charge >= 0.3 is 0 Å². The number of carbonyl (C=O) groups is 2. The molecule has 1 heterocycles. The van der Waals surface area contributed by atoms with Gasteiger partial charge < -0.3 is 20.0 Å². The van der Waals surface area contributed by atoms with Crippen LogP contribution in [0.3, 0.4) is 0 Å². The molecule has 19 heavy (non-hydrogen) atoms. The molecule has 0 spiro atoms. The first kappa shape index (κ1) is 15.9. The second kappa shape index (κ2) is 6.34. The number of nitrogens with one attached hydrogen (secondary N) is 1. The molecule has 110 valence electrons. The Bertz CT molecular complexity index is 334. The number of hydrogen-bond donors (Lipinski definition) is 1. The van der Waals surface area contributed by atoms with Crippen molar-refractivity contribution < 1.29 is 9.59 Å². The monoisotopic (exact) mass is 270 g/mol. The van der Waals surface area contributed by atoms with E-state index in [1.54, 1.807) is 7.05 Å². The third-order valence-electron chi connectivity index (χ3n) is 3.53. The minimum Gasteiger partial charge on any atom is -0.338 e. The van der Waals surface area contributed by atoms with Gasteiger partial charge in [0.15, 0.2) is 0 Å². The molecule has 6 nitrogen and oxygen atoms in total. The lowest BCUT2D eigenvalue weighted by Crippen LogP contribution is -2.59. The van der Waals surface area contributed by atoms with E-state index >= 15 is 0 Å². The number of amides is 2. The summed E-state index contributed by atoms with van der Waals surface area (Å²) in [6.45, 7) is 6.65. The van der Waals surface area contributed by atoms with Gasteiger partial charge in [0, 0.05) is 26.2 Å². The first-order valence-electron chi connectivity index (χ1n) is 6.68. The highest BCUT2D eigenvalue weighted by Gasteiger charge is 2.32. The lowest BCUT2D eigenvalue weighted by atomic mass is 10.0. The minimum atomic E-state index is -0.546. The topological polar surface area (TPSA) is 55.9 Å². The fourth-order valence-corrected chi connectivity index (χ4v) is 2.03. The number of carbonyl (C=O) groups excluding carboxylic acids is 2. The molecular formula is C13H26N4O2. The van der Waals surface area contributed by atoms with Crippen molar-refractivity contribution in [2.75, 3.05) is 53.9 Å². The van der Waals surface area contributed by atoms with Crippen LogP contribution >= 0.6 is 0 Å². The van der Waals surface area contributed by atoms with Gasteiger partial charge in [-0.25, -0.2) is 0 Å². The lowest BCUT2D eigenvalue weighted by molar-refractivity contribution is -0.143. The molecule has 1 fully saturated rings. The first-order valence-corrected chi connectivity index (χ1v) is 6.68. The average molecular weight is 270 g/mol. The molecule has 0 saturated carbocycles. The van der Waals surface area contributed by atoms with Crippen LogP contribution < -0.4 is 5.32 Å². The van der Waals surface area contributed by atoms with E-state index in [-0.39, 0.29) is 11.8 Å². The molecule has 0 bridgehead atoms. The number of hydrogen-bond acceptors (Lipinski definition) is 4. The predicted molar refractivity (Wildman–Crippen MR) is 74.9 cm³/mol. The maximum Gasteiger partial charge on any atom is 0.242 e. The van der Waals surface area contributed by atoms with Gasteiger partial charge in [-0.2, -0.15) is 0 Å². The van der Waals surface area contributed by atoms with Gasteiger partial charge in [-0.1, -0.05) is 0 Å². The summed E-state index contributed by atoms with van der Waals surface area (Å²) in [6, 6.07) is 0. The lowest BCUT2D eigenvalue weighted by Gasteiger charge is -2.38. The van der Waals surface area contributed by atoms with Gasteiger partial charge in [0.05, 0.1) is 12.1 Å². The van der Waals surface area contributed by atoms with Gasteiger partial charge in [-0.05, 0) is 35.0 Å². The van der Waals surface area contributed by atoms with Crippen LogP contribution in [0.1, 0.15) is 13.8 Å². The molecule has 1 aliphatic rings. The summed E-state index contributed by atoms with van der Waals surface area (Å²) in [7, 11) is 5.55. The molecule has 0 aromatic heterocycles. The Morgan fingerprint density at radius 2 is 1.58 bits per heavy atom. The molecule has 2 amide bonds. The summed E-state index contributed by atoms with van der Waals surface area (Å²) < 4.78 is 0. The SMILES string of the molecule is CNC(C)(C)C(=O)N1CCN(C(=O)CN(C)C)CC1. The Labute approximate surface area is 115 Å². The predicted octanol–water partition coefficient (Wildman–Crippen LogP) is -0.783. The van der Waals surface area contributed by atoms with Crippen LogP contribution in [-0.4, -0.2) is 85.9 Å². The largest absolute Gasteiger partial charge is 0.338 e. The van der Waals surface area contributed by atoms with E-state index < -0.39 is 5.54 Å². The quantitative estimate of drug-likeness (QED) is 0.728. The standard InChI is InChI=1S/C13H26N4O2/c1-13(2,14-3)12(19)17-8-6-16(7-9-17)11(18)10-15(4)5/h14H,6-10H2,1-5H3. The third-order valence-corrected chi connectivity index (χ3v) is 3.53. The van der Waals surface area contributed by atoms with E-state index in [1.165, 1.54) is 0 Å². The summed E-state index contributed by atoms with van der Waals surface area (Å²) in [4.78, 5) is 29.7. The third kappa shape index (κ3) is 4.18. The molecule has 0 aromatic rings. The normalized spacial score (nSPS) is 16.9. The summed E-state index contributed by atoms with van der Waals surface area (Å²) >= 11 is 0.